The summed E-state index contributed by atoms with van der Waals surface area (Å²) < 4.78 is 7.23. The highest BCUT2D eigenvalue weighted by atomic mass is 16.5. The second kappa shape index (κ2) is 8.46. The SMILES string of the molecule is C[C@@H]1CN(C(=O)c2ccc(NC(=O)c3cn(-c4ccccc4)nn3)cc2)C[C@@H](C)O1. The number of hydrogen-bond donors (Lipinski definition) is 1. The van der Waals surface area contributed by atoms with Gasteiger partial charge >= 0.3 is 0 Å². The van der Waals surface area contributed by atoms with Gasteiger partial charge in [-0.3, -0.25) is 9.59 Å². The standard InChI is InChI=1S/C22H23N5O3/c1-15-12-26(13-16(2)30-15)22(29)17-8-10-18(11-9-17)23-21(28)20-14-27(25-24-20)19-6-4-3-5-7-19/h3-11,14-16H,12-13H2,1-2H3,(H,23,28)/t15-,16-/m1/s1. The Hall–Kier alpha value is -3.52. The number of benzene rings is 2. The minimum Gasteiger partial charge on any atom is -0.372 e. The molecule has 2 heterocycles. The molecule has 0 bridgehead atoms. The van der Waals surface area contributed by atoms with E-state index in [2.05, 4.69) is 15.6 Å². The molecule has 3 aromatic rings. The minimum absolute atomic E-state index is 0.0144. The number of ether oxygens (including phenoxy) is 1. The molecule has 4 rings (SSSR count). The van der Waals surface area contributed by atoms with Gasteiger partial charge in [-0.1, -0.05) is 23.4 Å². The van der Waals surface area contributed by atoms with E-state index < -0.39 is 0 Å². The maximum absolute atomic E-state index is 12.7. The lowest BCUT2D eigenvalue weighted by atomic mass is 10.1. The van der Waals surface area contributed by atoms with Crippen LogP contribution in [0.5, 0.6) is 0 Å². The van der Waals surface area contributed by atoms with Crippen molar-refractivity contribution in [3.8, 4) is 5.69 Å². The van der Waals surface area contributed by atoms with E-state index in [-0.39, 0.29) is 29.7 Å². The van der Waals surface area contributed by atoms with E-state index in [0.29, 0.717) is 24.3 Å². The van der Waals surface area contributed by atoms with Gasteiger partial charge in [0.15, 0.2) is 5.69 Å². The molecular formula is C22H23N5O3. The molecule has 1 N–H and O–H groups in total. The van der Waals surface area contributed by atoms with Crippen LogP contribution in [0.2, 0.25) is 0 Å². The summed E-state index contributed by atoms with van der Waals surface area (Å²) >= 11 is 0. The summed E-state index contributed by atoms with van der Waals surface area (Å²) in [6, 6.07) is 16.3. The molecule has 1 fully saturated rings. The first-order valence-corrected chi connectivity index (χ1v) is 9.83. The number of nitrogens with zero attached hydrogens (tertiary/aromatic N) is 4. The van der Waals surface area contributed by atoms with Gasteiger partial charge in [0.2, 0.25) is 0 Å². The van der Waals surface area contributed by atoms with E-state index in [9.17, 15) is 9.59 Å². The maximum Gasteiger partial charge on any atom is 0.277 e. The normalized spacial score (nSPS) is 18.8. The van der Waals surface area contributed by atoms with Gasteiger partial charge in [0, 0.05) is 24.3 Å². The molecule has 0 radical (unpaired) electrons. The van der Waals surface area contributed by atoms with Crippen molar-refractivity contribution in [2.45, 2.75) is 26.1 Å². The first-order chi connectivity index (χ1) is 14.5. The average Bonchev–Trinajstić information content (AvgIpc) is 3.24. The van der Waals surface area contributed by atoms with Gasteiger partial charge < -0.3 is 15.0 Å². The van der Waals surface area contributed by atoms with Gasteiger partial charge in [0.05, 0.1) is 24.1 Å². The minimum atomic E-state index is -0.368. The monoisotopic (exact) mass is 405 g/mol. The number of carbonyl (C=O) groups is 2. The number of rotatable bonds is 4. The highest BCUT2D eigenvalue weighted by Gasteiger charge is 2.26. The molecule has 154 valence electrons. The molecule has 0 saturated carbocycles. The van der Waals surface area contributed by atoms with Crippen molar-refractivity contribution in [3.05, 3.63) is 72.1 Å². The Morgan fingerprint density at radius 3 is 2.33 bits per heavy atom. The summed E-state index contributed by atoms with van der Waals surface area (Å²) in [5.74, 6) is -0.409. The highest BCUT2D eigenvalue weighted by Crippen LogP contribution is 2.17. The van der Waals surface area contributed by atoms with Crippen LogP contribution in [0.25, 0.3) is 5.69 Å². The van der Waals surface area contributed by atoms with E-state index in [1.807, 2.05) is 44.2 Å². The van der Waals surface area contributed by atoms with E-state index in [1.165, 1.54) is 0 Å². The van der Waals surface area contributed by atoms with Gasteiger partial charge in [0.25, 0.3) is 11.8 Å². The van der Waals surface area contributed by atoms with Crippen LogP contribution in [0.3, 0.4) is 0 Å². The van der Waals surface area contributed by atoms with Crippen molar-refractivity contribution < 1.29 is 14.3 Å². The van der Waals surface area contributed by atoms with Gasteiger partial charge in [-0.25, -0.2) is 4.68 Å². The molecule has 2 aromatic carbocycles. The fraction of sp³-hybridized carbons (Fsp3) is 0.273. The number of morpholine rings is 1. The number of hydrogen-bond acceptors (Lipinski definition) is 5. The Morgan fingerprint density at radius 1 is 1.00 bits per heavy atom. The van der Waals surface area contributed by atoms with Crippen LogP contribution in [0.4, 0.5) is 5.69 Å². The quantitative estimate of drug-likeness (QED) is 0.721. The molecule has 8 nitrogen and oxygen atoms in total. The molecule has 1 aliphatic rings. The van der Waals surface area contributed by atoms with Crippen molar-refractivity contribution in [2.75, 3.05) is 18.4 Å². The van der Waals surface area contributed by atoms with E-state index in [1.54, 1.807) is 40.0 Å². The number of para-hydroxylation sites is 1. The molecule has 8 heteroatoms. The van der Waals surface area contributed by atoms with Crippen LogP contribution < -0.4 is 5.32 Å². The third-order valence-corrected chi connectivity index (χ3v) is 4.84. The van der Waals surface area contributed by atoms with Gasteiger partial charge in [-0.2, -0.15) is 0 Å². The predicted molar refractivity (Wildman–Crippen MR) is 112 cm³/mol. The van der Waals surface area contributed by atoms with Crippen molar-refractivity contribution in [3.63, 3.8) is 0 Å². The topological polar surface area (TPSA) is 89.4 Å². The Bertz CT molecular complexity index is 1020. The second-order valence-corrected chi connectivity index (χ2v) is 7.38. The first-order valence-electron chi connectivity index (χ1n) is 9.83. The zero-order valence-corrected chi connectivity index (χ0v) is 16.9. The smallest absolute Gasteiger partial charge is 0.277 e. The van der Waals surface area contributed by atoms with Gasteiger partial charge in [-0.05, 0) is 50.2 Å². The van der Waals surface area contributed by atoms with Crippen LogP contribution >= 0.6 is 0 Å². The lowest BCUT2D eigenvalue weighted by Gasteiger charge is -2.35. The number of nitrogens with one attached hydrogen (secondary N) is 1. The third kappa shape index (κ3) is 4.38. The van der Waals surface area contributed by atoms with Crippen LogP contribution in [0.15, 0.2) is 60.8 Å². The first kappa shape index (κ1) is 19.8. The fourth-order valence-corrected chi connectivity index (χ4v) is 3.49. The molecule has 0 spiro atoms. The number of aromatic nitrogens is 3. The molecule has 1 saturated heterocycles. The molecule has 1 aromatic heterocycles. The average molecular weight is 405 g/mol. The van der Waals surface area contributed by atoms with Gasteiger partial charge in [0.1, 0.15) is 0 Å². The van der Waals surface area contributed by atoms with Crippen LogP contribution in [0, 0.1) is 0 Å². The Kier molecular flexibility index (Phi) is 5.58. The third-order valence-electron chi connectivity index (χ3n) is 4.84. The van der Waals surface area contributed by atoms with E-state index in [4.69, 9.17) is 4.74 Å². The summed E-state index contributed by atoms with van der Waals surface area (Å²) in [5, 5.41) is 10.7. The van der Waals surface area contributed by atoms with Crippen molar-refractivity contribution in [1.29, 1.82) is 0 Å². The van der Waals surface area contributed by atoms with Crippen molar-refractivity contribution >= 4 is 17.5 Å². The molecule has 0 aliphatic carbocycles. The summed E-state index contributed by atoms with van der Waals surface area (Å²) in [5.41, 5.74) is 2.17. The lowest BCUT2D eigenvalue weighted by Crippen LogP contribution is -2.48. The second-order valence-electron chi connectivity index (χ2n) is 7.38. The zero-order chi connectivity index (χ0) is 21.1. The fourth-order valence-electron chi connectivity index (χ4n) is 3.49. The van der Waals surface area contributed by atoms with E-state index in [0.717, 1.165) is 5.69 Å². The Morgan fingerprint density at radius 2 is 1.67 bits per heavy atom. The van der Waals surface area contributed by atoms with Crippen molar-refractivity contribution in [1.82, 2.24) is 19.9 Å². The van der Waals surface area contributed by atoms with Crippen LogP contribution in [0.1, 0.15) is 34.7 Å². The summed E-state index contributed by atoms with van der Waals surface area (Å²) in [4.78, 5) is 27.0. The molecule has 2 amide bonds. The molecular weight excluding hydrogens is 382 g/mol. The zero-order valence-electron chi connectivity index (χ0n) is 16.9. The maximum atomic E-state index is 12.7. The highest BCUT2D eigenvalue weighted by molar-refractivity contribution is 6.03. The molecule has 2 atom stereocenters. The Labute approximate surface area is 174 Å². The Balaban J connectivity index is 1.40. The van der Waals surface area contributed by atoms with E-state index >= 15 is 0 Å². The lowest BCUT2D eigenvalue weighted by molar-refractivity contribution is -0.0586. The summed E-state index contributed by atoms with van der Waals surface area (Å²) in [6.45, 7) is 5.06. The molecule has 1 aliphatic heterocycles. The summed E-state index contributed by atoms with van der Waals surface area (Å²) in [6.07, 6.45) is 1.60. The molecule has 0 unspecified atom stereocenters. The number of amides is 2. The predicted octanol–water partition coefficient (Wildman–Crippen LogP) is 2.77. The molecule has 30 heavy (non-hydrogen) atoms. The van der Waals surface area contributed by atoms with Gasteiger partial charge in [-0.15, -0.1) is 5.10 Å². The van der Waals surface area contributed by atoms with Crippen LogP contribution in [-0.2, 0) is 4.74 Å². The largest absolute Gasteiger partial charge is 0.372 e. The van der Waals surface area contributed by atoms with Crippen molar-refractivity contribution in [2.24, 2.45) is 0 Å². The number of carbonyl (C=O) groups excluding carboxylic acids is 2. The van der Waals surface area contributed by atoms with Crippen LogP contribution in [-0.4, -0.2) is 57.0 Å². The number of anilines is 1. The summed E-state index contributed by atoms with van der Waals surface area (Å²) in [7, 11) is 0.